The second-order valence-corrected chi connectivity index (χ2v) is 6.34. The third-order valence-electron chi connectivity index (χ3n) is 4.10. The van der Waals surface area contributed by atoms with E-state index in [2.05, 4.69) is 70.0 Å². The van der Waals surface area contributed by atoms with Crippen molar-refractivity contribution in [2.24, 2.45) is 0 Å². The van der Waals surface area contributed by atoms with Crippen molar-refractivity contribution in [1.82, 2.24) is 10.2 Å². The first-order valence-electron chi connectivity index (χ1n) is 7.63. The SMILES string of the molecule is CCNCc1ccc(N2CCN(CC)C(C)C2)c(Br)c1. The second kappa shape index (κ2) is 7.43. The minimum atomic E-state index is 0.627. The van der Waals surface area contributed by atoms with Crippen LogP contribution >= 0.6 is 15.9 Å². The summed E-state index contributed by atoms with van der Waals surface area (Å²) in [4.78, 5) is 5.04. The van der Waals surface area contributed by atoms with Crippen LogP contribution in [-0.4, -0.2) is 43.7 Å². The summed E-state index contributed by atoms with van der Waals surface area (Å²) in [5.74, 6) is 0. The first-order valence-corrected chi connectivity index (χ1v) is 8.43. The minimum absolute atomic E-state index is 0.627. The number of rotatable bonds is 5. The van der Waals surface area contributed by atoms with E-state index in [9.17, 15) is 0 Å². The highest BCUT2D eigenvalue weighted by molar-refractivity contribution is 9.10. The number of hydrogen-bond donors (Lipinski definition) is 1. The van der Waals surface area contributed by atoms with Crippen LogP contribution in [0.3, 0.4) is 0 Å². The molecule has 0 bridgehead atoms. The average Bonchev–Trinajstić information content (AvgIpc) is 2.45. The first kappa shape index (κ1) is 15.8. The van der Waals surface area contributed by atoms with Gasteiger partial charge >= 0.3 is 0 Å². The smallest absolute Gasteiger partial charge is 0.0511 e. The van der Waals surface area contributed by atoms with Gasteiger partial charge in [-0.25, -0.2) is 0 Å². The number of benzene rings is 1. The highest BCUT2D eigenvalue weighted by atomic mass is 79.9. The summed E-state index contributed by atoms with van der Waals surface area (Å²) in [5, 5.41) is 3.37. The molecule has 1 saturated heterocycles. The summed E-state index contributed by atoms with van der Waals surface area (Å²) in [5.41, 5.74) is 2.66. The van der Waals surface area contributed by atoms with E-state index in [4.69, 9.17) is 0 Å². The Balaban J connectivity index is 2.06. The number of nitrogens with one attached hydrogen (secondary N) is 1. The topological polar surface area (TPSA) is 18.5 Å². The first-order chi connectivity index (χ1) is 9.65. The van der Waals surface area contributed by atoms with Crippen molar-refractivity contribution in [3.05, 3.63) is 28.2 Å². The molecule has 3 nitrogen and oxygen atoms in total. The Labute approximate surface area is 131 Å². The number of likely N-dealkylation sites (N-methyl/N-ethyl adjacent to an activating group) is 1. The molecule has 1 aromatic carbocycles. The maximum absolute atomic E-state index is 3.74. The lowest BCUT2D eigenvalue weighted by Crippen LogP contribution is -2.51. The van der Waals surface area contributed by atoms with Crippen molar-refractivity contribution in [1.29, 1.82) is 0 Å². The molecule has 112 valence electrons. The Morgan fingerprint density at radius 3 is 2.70 bits per heavy atom. The highest BCUT2D eigenvalue weighted by Crippen LogP contribution is 2.29. The molecule has 1 aromatic rings. The summed E-state index contributed by atoms with van der Waals surface area (Å²) in [7, 11) is 0. The van der Waals surface area contributed by atoms with Crippen LogP contribution < -0.4 is 10.2 Å². The fraction of sp³-hybridized carbons (Fsp3) is 0.625. The van der Waals surface area contributed by atoms with Crippen molar-refractivity contribution in [2.75, 3.05) is 37.6 Å². The molecule has 1 unspecified atom stereocenters. The molecule has 0 spiro atoms. The third kappa shape index (κ3) is 3.74. The summed E-state index contributed by atoms with van der Waals surface area (Å²) < 4.78 is 1.21. The van der Waals surface area contributed by atoms with E-state index in [0.717, 1.165) is 39.3 Å². The van der Waals surface area contributed by atoms with Crippen LogP contribution in [0.1, 0.15) is 26.3 Å². The number of nitrogens with zero attached hydrogens (tertiary/aromatic N) is 2. The van der Waals surface area contributed by atoms with E-state index >= 15 is 0 Å². The van der Waals surface area contributed by atoms with Crippen LogP contribution in [0.15, 0.2) is 22.7 Å². The fourth-order valence-electron chi connectivity index (χ4n) is 2.87. The standard InChI is InChI=1S/C16H26BrN3/c1-4-18-11-14-6-7-16(15(17)10-14)20-9-8-19(5-2)13(3)12-20/h6-7,10,13,18H,4-5,8-9,11-12H2,1-3H3. The van der Waals surface area contributed by atoms with Crippen molar-refractivity contribution in [3.63, 3.8) is 0 Å². The Morgan fingerprint density at radius 2 is 2.10 bits per heavy atom. The molecule has 20 heavy (non-hydrogen) atoms. The fourth-order valence-corrected chi connectivity index (χ4v) is 3.55. The lowest BCUT2D eigenvalue weighted by molar-refractivity contribution is 0.199. The van der Waals surface area contributed by atoms with Crippen LogP contribution in [0, 0.1) is 0 Å². The third-order valence-corrected chi connectivity index (χ3v) is 4.74. The average molecular weight is 340 g/mol. The molecule has 1 aliphatic heterocycles. The summed E-state index contributed by atoms with van der Waals surface area (Å²) >= 11 is 3.74. The quantitative estimate of drug-likeness (QED) is 0.889. The summed E-state index contributed by atoms with van der Waals surface area (Å²) in [6.45, 7) is 13.2. The zero-order valence-electron chi connectivity index (χ0n) is 12.8. The largest absolute Gasteiger partial charge is 0.368 e. The molecule has 1 atom stereocenters. The lowest BCUT2D eigenvalue weighted by Gasteiger charge is -2.40. The maximum Gasteiger partial charge on any atom is 0.0511 e. The molecule has 4 heteroatoms. The summed E-state index contributed by atoms with van der Waals surface area (Å²) in [6.07, 6.45) is 0. The van der Waals surface area contributed by atoms with E-state index in [-0.39, 0.29) is 0 Å². The number of anilines is 1. The second-order valence-electron chi connectivity index (χ2n) is 5.49. The molecular weight excluding hydrogens is 314 g/mol. The van der Waals surface area contributed by atoms with Crippen LogP contribution in [0.5, 0.6) is 0 Å². The van der Waals surface area contributed by atoms with Gasteiger partial charge in [-0.1, -0.05) is 19.9 Å². The predicted molar refractivity (Wildman–Crippen MR) is 90.4 cm³/mol. The molecule has 0 radical (unpaired) electrons. The van der Waals surface area contributed by atoms with Gasteiger partial charge in [0.2, 0.25) is 0 Å². The number of hydrogen-bond acceptors (Lipinski definition) is 3. The molecule has 1 N–H and O–H groups in total. The normalized spacial score (nSPS) is 20.4. The van der Waals surface area contributed by atoms with Crippen molar-refractivity contribution in [3.8, 4) is 0 Å². The Morgan fingerprint density at radius 1 is 1.30 bits per heavy atom. The molecule has 1 heterocycles. The molecular formula is C16H26BrN3. The van der Waals surface area contributed by atoms with Gasteiger partial charge in [-0.15, -0.1) is 0 Å². The van der Waals surface area contributed by atoms with Gasteiger partial charge < -0.3 is 10.2 Å². The number of halogens is 1. The van der Waals surface area contributed by atoms with Crippen molar-refractivity contribution >= 4 is 21.6 Å². The summed E-state index contributed by atoms with van der Waals surface area (Å²) in [6, 6.07) is 7.36. The van der Waals surface area contributed by atoms with Gasteiger partial charge in [-0.2, -0.15) is 0 Å². The van der Waals surface area contributed by atoms with Crippen molar-refractivity contribution < 1.29 is 0 Å². The molecule has 1 aliphatic rings. The zero-order chi connectivity index (χ0) is 14.5. The van der Waals surface area contributed by atoms with Crippen LogP contribution in [0.2, 0.25) is 0 Å². The van der Waals surface area contributed by atoms with E-state index in [1.54, 1.807) is 0 Å². The zero-order valence-corrected chi connectivity index (χ0v) is 14.4. The highest BCUT2D eigenvalue weighted by Gasteiger charge is 2.23. The van der Waals surface area contributed by atoms with Gasteiger partial charge in [-0.05, 0) is 53.6 Å². The van der Waals surface area contributed by atoms with Crippen LogP contribution in [-0.2, 0) is 6.54 Å². The van der Waals surface area contributed by atoms with Gasteiger partial charge in [0, 0.05) is 36.7 Å². The van der Waals surface area contributed by atoms with Crippen molar-refractivity contribution in [2.45, 2.75) is 33.4 Å². The van der Waals surface area contributed by atoms with E-state index in [1.165, 1.54) is 15.7 Å². The van der Waals surface area contributed by atoms with E-state index in [1.807, 2.05) is 0 Å². The minimum Gasteiger partial charge on any atom is -0.368 e. The maximum atomic E-state index is 3.74. The van der Waals surface area contributed by atoms with Gasteiger partial charge in [-0.3, -0.25) is 4.90 Å². The van der Waals surface area contributed by atoms with Gasteiger partial charge in [0.15, 0.2) is 0 Å². The van der Waals surface area contributed by atoms with Gasteiger partial charge in [0.25, 0.3) is 0 Å². The molecule has 1 fully saturated rings. The Hall–Kier alpha value is -0.580. The van der Waals surface area contributed by atoms with Crippen LogP contribution in [0.4, 0.5) is 5.69 Å². The monoisotopic (exact) mass is 339 g/mol. The molecule has 0 aromatic heterocycles. The lowest BCUT2D eigenvalue weighted by atomic mass is 10.1. The Bertz CT molecular complexity index is 436. The van der Waals surface area contributed by atoms with Crippen LogP contribution in [0.25, 0.3) is 0 Å². The van der Waals surface area contributed by atoms with Gasteiger partial charge in [0.05, 0.1) is 5.69 Å². The van der Waals surface area contributed by atoms with E-state index in [0.29, 0.717) is 6.04 Å². The molecule has 0 amide bonds. The van der Waals surface area contributed by atoms with Gasteiger partial charge in [0.1, 0.15) is 0 Å². The number of piperazine rings is 1. The predicted octanol–water partition coefficient (Wildman–Crippen LogP) is 3.09. The molecule has 0 aliphatic carbocycles. The molecule has 2 rings (SSSR count). The van der Waals surface area contributed by atoms with E-state index < -0.39 is 0 Å². The molecule has 0 saturated carbocycles. The Kier molecular flexibility index (Phi) is 5.87.